The van der Waals surface area contributed by atoms with Crippen molar-refractivity contribution in [2.24, 2.45) is 0 Å². The Morgan fingerprint density at radius 2 is 1.46 bits per heavy atom. The van der Waals surface area contributed by atoms with Crippen LogP contribution in [0.1, 0.15) is 48.5 Å². The van der Waals surface area contributed by atoms with Crippen LogP contribution in [0.3, 0.4) is 0 Å². The summed E-state index contributed by atoms with van der Waals surface area (Å²) in [5.74, 6) is -0.640. The van der Waals surface area contributed by atoms with Gasteiger partial charge in [0.05, 0.1) is 0 Å². The van der Waals surface area contributed by atoms with Gasteiger partial charge in [0.1, 0.15) is 5.76 Å². The normalized spacial score (nSPS) is 13.1. The second kappa shape index (κ2) is 20.7. The van der Waals surface area contributed by atoms with Crippen LogP contribution >= 0.6 is 0 Å². The third-order valence-corrected chi connectivity index (χ3v) is 2.28. The molecule has 0 aliphatic carbocycles. The molecule has 0 amide bonds. The molecule has 0 aromatic carbocycles. The summed E-state index contributed by atoms with van der Waals surface area (Å²) in [7, 11) is 0. The zero-order chi connectivity index (χ0) is 19.4. The van der Waals surface area contributed by atoms with E-state index in [1.165, 1.54) is 6.08 Å². The van der Waals surface area contributed by atoms with Crippen molar-refractivity contribution in [2.75, 3.05) is 0 Å². The van der Waals surface area contributed by atoms with Gasteiger partial charge in [0.15, 0.2) is 0 Å². The molecule has 3 nitrogen and oxygen atoms in total. The van der Waals surface area contributed by atoms with Gasteiger partial charge < -0.3 is 9.84 Å². The van der Waals surface area contributed by atoms with Crippen LogP contribution in [-0.2, 0) is 9.53 Å². The molecule has 0 aliphatic rings. The first kappa shape index (κ1) is 26.6. The molecule has 1 atom stereocenters. The smallest absolute Gasteiger partial charge is 0.349 e. The van der Waals surface area contributed by atoms with Gasteiger partial charge >= 0.3 is 5.97 Å². The summed E-state index contributed by atoms with van der Waals surface area (Å²) < 4.78 is 5.51. The lowest BCUT2D eigenvalue weighted by atomic mass is 10.1. The van der Waals surface area contributed by atoms with Gasteiger partial charge in [-0.3, -0.25) is 0 Å². The highest BCUT2D eigenvalue weighted by Crippen LogP contribution is 2.15. The fraction of sp³-hybridized carbons (Fsp3) is 0.381. The van der Waals surface area contributed by atoms with Gasteiger partial charge in [0.25, 0.3) is 0 Å². The van der Waals surface area contributed by atoms with E-state index in [4.69, 9.17) is 4.74 Å². The Hall–Kier alpha value is -2.29. The number of allylic oxidation sites excluding steroid dienone is 8. The highest BCUT2D eigenvalue weighted by molar-refractivity contribution is 5.77. The molecule has 3 heteroatoms. The predicted octanol–water partition coefficient (Wildman–Crippen LogP) is 6.23. The van der Waals surface area contributed by atoms with E-state index in [9.17, 15) is 9.90 Å². The van der Waals surface area contributed by atoms with Crippen LogP contribution in [0.5, 0.6) is 0 Å². The van der Waals surface area contributed by atoms with Crippen molar-refractivity contribution in [1.82, 2.24) is 0 Å². The van der Waals surface area contributed by atoms with Crippen LogP contribution in [0, 0.1) is 0 Å². The summed E-state index contributed by atoms with van der Waals surface area (Å²) in [5, 5.41) is 9.34. The highest BCUT2D eigenvalue weighted by atomic mass is 16.5. The summed E-state index contributed by atoms with van der Waals surface area (Å²) in [6.45, 7) is 17.2. The van der Waals surface area contributed by atoms with E-state index >= 15 is 0 Å². The molecule has 0 aromatic rings. The zero-order valence-electron chi connectivity index (χ0n) is 16.2. The number of rotatable bonds is 8. The van der Waals surface area contributed by atoms with E-state index in [2.05, 4.69) is 6.58 Å². The van der Waals surface area contributed by atoms with Crippen LogP contribution in [0.25, 0.3) is 0 Å². The zero-order valence-corrected chi connectivity index (χ0v) is 16.2. The average Bonchev–Trinajstić information content (AvgIpc) is 2.62. The van der Waals surface area contributed by atoms with Crippen molar-refractivity contribution in [1.29, 1.82) is 0 Å². The van der Waals surface area contributed by atoms with E-state index < -0.39 is 12.1 Å². The molecule has 0 bridgehead atoms. The summed E-state index contributed by atoms with van der Waals surface area (Å²) in [4.78, 5) is 11.4. The van der Waals surface area contributed by atoms with E-state index in [1.54, 1.807) is 36.5 Å². The fourth-order valence-electron chi connectivity index (χ4n) is 1.37. The highest BCUT2D eigenvalue weighted by Gasteiger charge is 2.22. The first-order valence-electron chi connectivity index (χ1n) is 8.41. The molecule has 0 heterocycles. The maximum Gasteiger partial charge on any atom is 0.349 e. The summed E-state index contributed by atoms with van der Waals surface area (Å²) >= 11 is 0. The standard InChI is InChI=1S/C17H22O3.2C2H6/c1-5-9-12-14(11-7-3)16(17(18)19)20-15(8-4)13-10-6-2;2*1-2/h5-13,16H,4H2,1-3H3,(H,18,19);2*1-2H3/b9-5-,10-6-,11-7-,14-12+,15-13+;;. The lowest BCUT2D eigenvalue weighted by molar-refractivity contribution is -0.145. The Morgan fingerprint density at radius 1 is 0.958 bits per heavy atom. The van der Waals surface area contributed by atoms with Crippen LogP contribution in [0.15, 0.2) is 72.6 Å². The summed E-state index contributed by atoms with van der Waals surface area (Å²) in [6.07, 6.45) is 14.5. The van der Waals surface area contributed by atoms with Crippen LogP contribution in [0.4, 0.5) is 0 Å². The Kier molecular flexibility index (Phi) is 23.0. The third-order valence-electron chi connectivity index (χ3n) is 2.28. The molecule has 1 N–H and O–H groups in total. The molecule has 1 unspecified atom stereocenters. The number of carboxylic acids is 1. The summed E-state index contributed by atoms with van der Waals surface area (Å²) in [6, 6.07) is 0. The Bertz CT molecular complexity index is 463. The Labute approximate surface area is 148 Å². The topological polar surface area (TPSA) is 46.5 Å². The number of carbonyl (C=O) groups is 1. The molecule has 0 saturated carbocycles. The second-order valence-corrected chi connectivity index (χ2v) is 3.83. The number of hydrogen-bond acceptors (Lipinski definition) is 2. The van der Waals surface area contributed by atoms with Crippen LogP contribution in [0.2, 0.25) is 0 Å². The van der Waals surface area contributed by atoms with Crippen molar-refractivity contribution < 1.29 is 14.6 Å². The van der Waals surface area contributed by atoms with Gasteiger partial charge in [0, 0.05) is 5.57 Å². The van der Waals surface area contributed by atoms with Crippen LogP contribution < -0.4 is 0 Å². The van der Waals surface area contributed by atoms with E-state index in [1.807, 2.05) is 60.6 Å². The lowest BCUT2D eigenvalue weighted by Crippen LogP contribution is -2.25. The molecule has 0 spiro atoms. The number of ether oxygens (including phenoxy) is 1. The molecule has 24 heavy (non-hydrogen) atoms. The largest absolute Gasteiger partial charge is 0.478 e. The molecular weight excluding hydrogens is 300 g/mol. The molecule has 0 saturated heterocycles. The van der Waals surface area contributed by atoms with E-state index in [0.29, 0.717) is 11.3 Å². The van der Waals surface area contributed by atoms with Crippen molar-refractivity contribution in [3.63, 3.8) is 0 Å². The third kappa shape index (κ3) is 13.4. The molecule has 0 aliphatic heterocycles. The van der Waals surface area contributed by atoms with Crippen molar-refractivity contribution in [3.05, 3.63) is 72.6 Å². The Balaban J connectivity index is -0.00000102. The fourth-order valence-corrected chi connectivity index (χ4v) is 1.37. The number of aliphatic carboxylic acids is 1. The van der Waals surface area contributed by atoms with Crippen molar-refractivity contribution in [2.45, 2.75) is 54.6 Å². The maximum atomic E-state index is 11.4. The van der Waals surface area contributed by atoms with Gasteiger partial charge in [-0.05, 0) is 32.9 Å². The molecule has 136 valence electrons. The minimum atomic E-state index is -1.07. The molecule has 0 rings (SSSR count). The number of hydrogen-bond donors (Lipinski definition) is 1. The predicted molar refractivity (Wildman–Crippen MR) is 106 cm³/mol. The first-order valence-corrected chi connectivity index (χ1v) is 8.41. The molecule has 0 aromatic heterocycles. The monoisotopic (exact) mass is 334 g/mol. The second-order valence-electron chi connectivity index (χ2n) is 3.83. The SMILES string of the molecule is C=C/C(=C\C=C/C)OC(C(=O)O)C(/C=C\C)=C/C=C\C.CC.CC. The first-order chi connectivity index (χ1) is 11.6. The molecule has 0 radical (unpaired) electrons. The minimum absolute atomic E-state index is 0.409. The van der Waals surface area contributed by atoms with E-state index in [0.717, 1.165) is 0 Å². The van der Waals surface area contributed by atoms with Crippen LogP contribution in [-0.4, -0.2) is 17.2 Å². The van der Waals surface area contributed by atoms with Gasteiger partial charge in [-0.1, -0.05) is 76.8 Å². The van der Waals surface area contributed by atoms with Gasteiger partial charge in [-0.15, -0.1) is 0 Å². The van der Waals surface area contributed by atoms with Gasteiger partial charge in [-0.2, -0.15) is 0 Å². The number of carboxylic acid groups (broad SMARTS) is 1. The average molecular weight is 335 g/mol. The minimum Gasteiger partial charge on any atom is -0.478 e. The van der Waals surface area contributed by atoms with Gasteiger partial charge in [0.2, 0.25) is 6.10 Å². The molecular formula is C21H34O3. The summed E-state index contributed by atoms with van der Waals surface area (Å²) in [5.41, 5.74) is 0.561. The maximum absolute atomic E-state index is 11.4. The van der Waals surface area contributed by atoms with Crippen molar-refractivity contribution >= 4 is 5.97 Å². The van der Waals surface area contributed by atoms with Crippen molar-refractivity contribution in [3.8, 4) is 0 Å². The lowest BCUT2D eigenvalue weighted by Gasteiger charge is -2.16. The molecule has 0 fully saturated rings. The van der Waals surface area contributed by atoms with Gasteiger partial charge in [-0.25, -0.2) is 4.79 Å². The Morgan fingerprint density at radius 3 is 1.83 bits per heavy atom. The van der Waals surface area contributed by atoms with E-state index in [-0.39, 0.29) is 0 Å². The quantitative estimate of drug-likeness (QED) is 0.422.